The summed E-state index contributed by atoms with van der Waals surface area (Å²) in [7, 11) is 0.650. The zero-order chi connectivity index (χ0) is 17.2. The number of methoxy groups -OCH3 is 1. The molecule has 0 aromatic heterocycles. The van der Waals surface area contributed by atoms with Crippen molar-refractivity contribution in [2.24, 2.45) is 0 Å². The van der Waals surface area contributed by atoms with Crippen LogP contribution in [0.2, 0.25) is 0 Å². The largest absolute Gasteiger partial charge is 0.497 e. The third-order valence-corrected chi connectivity index (χ3v) is 5.22. The lowest BCUT2D eigenvalue weighted by Crippen LogP contribution is -2.22. The Morgan fingerprint density at radius 2 is 1.78 bits per heavy atom. The van der Waals surface area contributed by atoms with Crippen LogP contribution in [-0.4, -0.2) is 45.0 Å². The van der Waals surface area contributed by atoms with Crippen molar-refractivity contribution < 1.29 is 23.1 Å². The van der Waals surface area contributed by atoms with Crippen LogP contribution < -0.4 is 4.74 Å². The molecule has 23 heavy (non-hydrogen) atoms. The summed E-state index contributed by atoms with van der Waals surface area (Å²) in [6, 6.07) is 10.9. The number of hydrogen-bond donors (Lipinski definition) is 1. The SMILES string of the molecule is COc1cc(C(=O)O)cc(-c2ccccc2S(=O)(=O)N(C)C)c1. The maximum absolute atomic E-state index is 12.5. The number of rotatable bonds is 5. The van der Waals surface area contributed by atoms with Gasteiger partial charge in [-0.1, -0.05) is 18.2 Å². The van der Waals surface area contributed by atoms with Gasteiger partial charge >= 0.3 is 5.97 Å². The van der Waals surface area contributed by atoms with Crippen LogP contribution in [0.3, 0.4) is 0 Å². The smallest absolute Gasteiger partial charge is 0.335 e. The van der Waals surface area contributed by atoms with E-state index in [1.54, 1.807) is 24.3 Å². The second kappa shape index (κ2) is 6.39. The van der Waals surface area contributed by atoms with E-state index in [0.717, 1.165) is 4.31 Å². The average molecular weight is 335 g/mol. The molecule has 6 nitrogen and oxygen atoms in total. The number of sulfonamides is 1. The summed E-state index contributed by atoms with van der Waals surface area (Å²) in [6.07, 6.45) is 0. The van der Waals surface area contributed by atoms with Gasteiger partial charge in [-0.15, -0.1) is 0 Å². The molecule has 0 aliphatic carbocycles. The number of carboxylic acid groups (broad SMARTS) is 1. The lowest BCUT2D eigenvalue weighted by molar-refractivity contribution is 0.0696. The van der Waals surface area contributed by atoms with Crippen molar-refractivity contribution in [3.63, 3.8) is 0 Å². The van der Waals surface area contributed by atoms with Crippen molar-refractivity contribution in [2.75, 3.05) is 21.2 Å². The van der Waals surface area contributed by atoms with Crippen molar-refractivity contribution in [3.05, 3.63) is 48.0 Å². The minimum Gasteiger partial charge on any atom is -0.497 e. The summed E-state index contributed by atoms with van der Waals surface area (Å²) >= 11 is 0. The number of nitrogens with zero attached hydrogens (tertiary/aromatic N) is 1. The number of ether oxygens (including phenoxy) is 1. The van der Waals surface area contributed by atoms with Crippen molar-refractivity contribution in [1.82, 2.24) is 4.31 Å². The van der Waals surface area contributed by atoms with E-state index in [1.807, 2.05) is 0 Å². The van der Waals surface area contributed by atoms with Crippen LogP contribution in [0, 0.1) is 0 Å². The molecule has 0 heterocycles. The van der Waals surface area contributed by atoms with Crippen LogP contribution in [0.4, 0.5) is 0 Å². The fourth-order valence-corrected chi connectivity index (χ4v) is 3.23. The molecule has 0 saturated heterocycles. The van der Waals surface area contributed by atoms with Gasteiger partial charge in [-0.3, -0.25) is 0 Å². The van der Waals surface area contributed by atoms with Gasteiger partial charge in [0.1, 0.15) is 5.75 Å². The van der Waals surface area contributed by atoms with Crippen LogP contribution in [0.15, 0.2) is 47.4 Å². The average Bonchev–Trinajstić information content (AvgIpc) is 2.54. The first-order chi connectivity index (χ1) is 10.8. The molecule has 0 saturated carbocycles. The Bertz CT molecular complexity index is 843. The number of benzene rings is 2. The van der Waals surface area contributed by atoms with Crippen LogP contribution in [-0.2, 0) is 10.0 Å². The first-order valence-electron chi connectivity index (χ1n) is 6.71. The van der Waals surface area contributed by atoms with Gasteiger partial charge < -0.3 is 9.84 Å². The molecule has 0 amide bonds. The molecule has 0 spiro atoms. The van der Waals surface area contributed by atoms with Gasteiger partial charge in [-0.2, -0.15) is 0 Å². The quantitative estimate of drug-likeness (QED) is 0.906. The molecule has 0 bridgehead atoms. The Hall–Kier alpha value is -2.38. The predicted molar refractivity (Wildman–Crippen MR) is 86.3 cm³/mol. The Kier molecular flexibility index (Phi) is 4.72. The van der Waals surface area contributed by atoms with Crippen molar-refractivity contribution in [2.45, 2.75) is 4.90 Å². The Balaban J connectivity index is 2.74. The fraction of sp³-hybridized carbons (Fsp3) is 0.188. The maximum atomic E-state index is 12.5. The van der Waals surface area contributed by atoms with E-state index in [0.29, 0.717) is 16.9 Å². The lowest BCUT2D eigenvalue weighted by atomic mass is 10.0. The molecule has 2 aromatic rings. The van der Waals surface area contributed by atoms with Crippen molar-refractivity contribution in [3.8, 4) is 16.9 Å². The van der Waals surface area contributed by atoms with E-state index in [2.05, 4.69) is 0 Å². The zero-order valence-corrected chi connectivity index (χ0v) is 13.8. The van der Waals surface area contributed by atoms with E-state index < -0.39 is 16.0 Å². The van der Waals surface area contributed by atoms with Crippen molar-refractivity contribution >= 4 is 16.0 Å². The van der Waals surface area contributed by atoms with Crippen LogP contribution in [0.25, 0.3) is 11.1 Å². The first-order valence-corrected chi connectivity index (χ1v) is 8.15. The van der Waals surface area contributed by atoms with Crippen LogP contribution in [0.1, 0.15) is 10.4 Å². The third-order valence-electron chi connectivity index (χ3n) is 3.35. The molecule has 0 fully saturated rings. The minimum absolute atomic E-state index is 0.0244. The summed E-state index contributed by atoms with van der Waals surface area (Å²) in [5.41, 5.74) is 0.904. The second-order valence-electron chi connectivity index (χ2n) is 5.04. The molecule has 0 aliphatic heterocycles. The molecule has 2 aromatic carbocycles. The van der Waals surface area contributed by atoms with E-state index in [-0.39, 0.29) is 10.5 Å². The van der Waals surface area contributed by atoms with Gasteiger partial charge in [0.05, 0.1) is 17.6 Å². The summed E-state index contributed by atoms with van der Waals surface area (Å²) < 4.78 is 31.2. The second-order valence-corrected chi connectivity index (χ2v) is 7.16. The normalized spacial score (nSPS) is 11.5. The van der Waals surface area contributed by atoms with Gasteiger partial charge in [0.15, 0.2) is 0 Å². The lowest BCUT2D eigenvalue weighted by Gasteiger charge is -2.16. The standard InChI is InChI=1S/C16H17NO5S/c1-17(2)23(20,21)15-7-5-4-6-14(15)11-8-12(16(18)19)10-13(9-11)22-3/h4-10H,1-3H3,(H,18,19). The van der Waals surface area contributed by atoms with Gasteiger partial charge in [0, 0.05) is 19.7 Å². The van der Waals surface area contributed by atoms with E-state index in [9.17, 15) is 18.3 Å². The Labute approximate surface area is 135 Å². The molecular formula is C16H17NO5S. The third kappa shape index (κ3) is 3.35. The van der Waals surface area contributed by atoms with E-state index in [1.165, 1.54) is 39.4 Å². The van der Waals surface area contributed by atoms with Gasteiger partial charge in [-0.25, -0.2) is 17.5 Å². The van der Waals surface area contributed by atoms with Crippen LogP contribution >= 0.6 is 0 Å². The highest BCUT2D eigenvalue weighted by Gasteiger charge is 2.22. The van der Waals surface area contributed by atoms with E-state index >= 15 is 0 Å². The Morgan fingerprint density at radius 1 is 1.13 bits per heavy atom. The molecule has 0 unspecified atom stereocenters. The number of carboxylic acids is 1. The summed E-state index contributed by atoms with van der Waals surface area (Å²) in [6.45, 7) is 0. The molecule has 0 radical (unpaired) electrons. The zero-order valence-electron chi connectivity index (χ0n) is 13.0. The molecule has 122 valence electrons. The topological polar surface area (TPSA) is 83.9 Å². The molecule has 2 rings (SSSR count). The molecule has 0 atom stereocenters. The number of hydrogen-bond acceptors (Lipinski definition) is 4. The molecule has 7 heteroatoms. The fourth-order valence-electron chi connectivity index (χ4n) is 2.12. The summed E-state index contributed by atoms with van der Waals surface area (Å²) in [5.74, 6) is -0.768. The molecule has 1 N–H and O–H groups in total. The van der Waals surface area contributed by atoms with Crippen LogP contribution in [0.5, 0.6) is 5.75 Å². The molecular weight excluding hydrogens is 318 g/mol. The molecule has 0 aliphatic rings. The Morgan fingerprint density at radius 3 is 2.35 bits per heavy atom. The van der Waals surface area contributed by atoms with Crippen molar-refractivity contribution in [1.29, 1.82) is 0 Å². The number of carbonyl (C=O) groups is 1. The highest BCUT2D eigenvalue weighted by atomic mass is 32.2. The number of aromatic carboxylic acids is 1. The minimum atomic E-state index is -3.66. The maximum Gasteiger partial charge on any atom is 0.335 e. The highest BCUT2D eigenvalue weighted by Crippen LogP contribution is 2.32. The van der Waals surface area contributed by atoms with E-state index in [4.69, 9.17) is 4.74 Å². The summed E-state index contributed by atoms with van der Waals surface area (Å²) in [4.78, 5) is 11.4. The van der Waals surface area contributed by atoms with Gasteiger partial charge in [0.2, 0.25) is 10.0 Å². The monoisotopic (exact) mass is 335 g/mol. The first kappa shape index (κ1) is 17.0. The predicted octanol–water partition coefficient (Wildman–Crippen LogP) is 2.31. The summed E-state index contributed by atoms with van der Waals surface area (Å²) in [5, 5.41) is 9.21. The van der Waals surface area contributed by atoms with Gasteiger partial charge in [-0.05, 0) is 29.8 Å². The van der Waals surface area contributed by atoms with Gasteiger partial charge in [0.25, 0.3) is 0 Å². The highest BCUT2D eigenvalue weighted by molar-refractivity contribution is 7.89.